The van der Waals surface area contributed by atoms with Gasteiger partial charge in [-0.2, -0.15) is 12.1 Å². The Morgan fingerprint density at radius 2 is 1.01 bits per heavy atom. The summed E-state index contributed by atoms with van der Waals surface area (Å²) >= 11 is 0. The van der Waals surface area contributed by atoms with Crippen molar-refractivity contribution in [3.05, 3.63) is 222 Å². The van der Waals surface area contributed by atoms with Crippen molar-refractivity contribution in [3.63, 3.8) is 0 Å². The molecule has 0 bridgehead atoms. The molecule has 7 aromatic carbocycles. The Balaban J connectivity index is 0.00000640. The minimum Gasteiger partial charge on any atom is -0.509 e. The molecule has 0 aliphatic carbocycles. The molecule has 0 atom stereocenters. The van der Waals surface area contributed by atoms with E-state index in [9.17, 15) is 0 Å². The molecule has 0 radical (unpaired) electrons. The Morgan fingerprint density at radius 1 is 0.444 bits per heavy atom. The smallest absolute Gasteiger partial charge is 0.135 e. The van der Waals surface area contributed by atoms with Gasteiger partial charge >= 0.3 is 0 Å². The Morgan fingerprint density at radius 3 is 1.62 bits per heavy atom. The molecular weight excluding hydrogens is 1060 g/mol. The van der Waals surface area contributed by atoms with Crippen LogP contribution in [0.1, 0.15) is 129 Å². The first-order valence-electron chi connectivity index (χ1n) is 25.1. The normalized spacial score (nSPS) is 13.4. The molecule has 10 rings (SSSR count). The number of benzene rings is 7. The number of ether oxygens (including phenoxy) is 1. The van der Waals surface area contributed by atoms with E-state index in [0.29, 0.717) is 11.5 Å². The number of hydrogen-bond acceptors (Lipinski definition) is 4. The van der Waals surface area contributed by atoms with Gasteiger partial charge in [-0.3, -0.25) is 0 Å². The predicted molar refractivity (Wildman–Crippen MR) is 297 cm³/mol. The monoisotopic (exact) mass is 1130 g/mol. The third kappa shape index (κ3) is 9.42. The average molecular weight is 1130 g/mol. The molecule has 72 heavy (non-hydrogen) atoms. The first kappa shape index (κ1) is 50.5. The largest absolute Gasteiger partial charge is 0.509 e. The van der Waals surface area contributed by atoms with E-state index in [1.165, 1.54) is 38.9 Å². The summed E-state index contributed by atoms with van der Waals surface area (Å²) < 4.78 is 9.07. The van der Waals surface area contributed by atoms with Crippen molar-refractivity contribution in [2.75, 3.05) is 9.80 Å². The first-order chi connectivity index (χ1) is 33.6. The van der Waals surface area contributed by atoms with E-state index in [2.05, 4.69) is 269 Å². The van der Waals surface area contributed by atoms with Gasteiger partial charge in [0.15, 0.2) is 0 Å². The van der Waals surface area contributed by atoms with E-state index in [0.717, 1.165) is 50.4 Å². The van der Waals surface area contributed by atoms with Crippen molar-refractivity contribution >= 4 is 44.6 Å². The maximum absolute atomic E-state index is 6.81. The van der Waals surface area contributed by atoms with E-state index < -0.39 is 0 Å². The molecule has 0 saturated carbocycles. The Labute approximate surface area is 443 Å². The molecule has 0 saturated heterocycles. The minimum absolute atomic E-state index is 0. The number of pyridine rings is 1. The summed E-state index contributed by atoms with van der Waals surface area (Å²) in [5.41, 5.74) is 14.4. The zero-order valence-electron chi connectivity index (χ0n) is 44.2. The van der Waals surface area contributed by atoms with E-state index in [1.807, 2.05) is 18.3 Å². The van der Waals surface area contributed by atoms with Gasteiger partial charge in [0, 0.05) is 72.2 Å². The first-order valence-corrected chi connectivity index (χ1v) is 25.1. The predicted octanol–water partition coefficient (Wildman–Crippen LogP) is 17.5. The fourth-order valence-corrected chi connectivity index (χ4v) is 9.98. The van der Waals surface area contributed by atoms with E-state index in [-0.39, 0.29) is 48.1 Å². The van der Waals surface area contributed by atoms with Crippen LogP contribution in [0.2, 0.25) is 0 Å². The third-order valence-corrected chi connectivity index (χ3v) is 14.8. The standard InChI is InChI=1S/C66H67N4O.Pt/c1-62(2,3)46-33-34-67-61(40-46)70-58-38-47(65(10,11)44-21-16-14-17-22-44)27-30-55(58)56-31-29-54(42-59(56)70)71-53-26-20-25-51(41-53)68-43-69(52-36-49(63(4,5)6)35-50(37-52)64(7,8)9)60-39-48(28-32-57(60)68)66(12,13)45-23-18-15-19-24-45;/h14-40,43H,1-13H3;/q-3;. The Hall–Kier alpha value is -6.42. The second-order valence-corrected chi connectivity index (χ2v) is 23.6. The van der Waals surface area contributed by atoms with Crippen LogP contribution in [0.15, 0.2) is 164 Å². The number of anilines is 4. The van der Waals surface area contributed by atoms with Gasteiger partial charge in [0.2, 0.25) is 0 Å². The molecule has 0 fully saturated rings. The second kappa shape index (κ2) is 18.6. The third-order valence-electron chi connectivity index (χ3n) is 14.8. The number of hydrogen-bond donors (Lipinski definition) is 0. The number of fused-ring (bicyclic) bond motifs is 4. The quantitative estimate of drug-likeness (QED) is 0.135. The fourth-order valence-electron chi connectivity index (χ4n) is 9.98. The maximum atomic E-state index is 6.81. The topological polar surface area (TPSA) is 33.5 Å². The SMILES string of the molecule is CC(C)(C)c1cc(N2[CH-]N(c3[c-]c(Oc4[c-]c5c(cc4)c4ccc(C(C)(C)c6ccccc6)cc4n5-c4cc(C(C)(C)C)ccn4)ccc3)c3ccc(C(C)(C)c4ccccc4)cc32)cc(C(C)(C)C)c1.[Pt]. The van der Waals surface area contributed by atoms with Crippen LogP contribution in [-0.4, -0.2) is 9.55 Å². The van der Waals surface area contributed by atoms with E-state index in [4.69, 9.17) is 9.72 Å². The number of nitrogens with zero attached hydrogens (tertiary/aromatic N) is 4. The van der Waals surface area contributed by atoms with Crippen LogP contribution in [0.5, 0.6) is 11.5 Å². The molecule has 0 amide bonds. The number of aromatic nitrogens is 2. The molecule has 1 aliphatic heterocycles. The van der Waals surface area contributed by atoms with Crippen molar-refractivity contribution in [1.29, 1.82) is 0 Å². The van der Waals surface area contributed by atoms with E-state index >= 15 is 0 Å². The van der Waals surface area contributed by atoms with Crippen LogP contribution < -0.4 is 14.5 Å². The van der Waals surface area contributed by atoms with Gasteiger partial charge in [-0.1, -0.05) is 180 Å². The van der Waals surface area contributed by atoms with Gasteiger partial charge in [-0.15, -0.1) is 48.1 Å². The van der Waals surface area contributed by atoms with Gasteiger partial charge in [0.25, 0.3) is 0 Å². The fraction of sp³-hybridized carbons (Fsp3) is 0.273. The maximum Gasteiger partial charge on any atom is 0.135 e. The zero-order chi connectivity index (χ0) is 50.3. The summed E-state index contributed by atoms with van der Waals surface area (Å²) in [4.78, 5) is 9.62. The molecule has 1 aliphatic rings. The molecule has 2 aromatic heterocycles. The van der Waals surface area contributed by atoms with Crippen molar-refractivity contribution in [3.8, 4) is 17.3 Å². The molecule has 0 spiro atoms. The zero-order valence-corrected chi connectivity index (χ0v) is 46.5. The Kier molecular flexibility index (Phi) is 13.0. The van der Waals surface area contributed by atoms with Crippen molar-refractivity contribution in [2.45, 2.75) is 117 Å². The molecule has 3 heterocycles. The Bertz CT molecular complexity index is 3410. The van der Waals surface area contributed by atoms with Crippen LogP contribution in [0.4, 0.5) is 22.7 Å². The van der Waals surface area contributed by atoms with Crippen LogP contribution in [-0.2, 0) is 48.1 Å². The molecule has 5 nitrogen and oxygen atoms in total. The van der Waals surface area contributed by atoms with Crippen molar-refractivity contribution in [2.24, 2.45) is 0 Å². The van der Waals surface area contributed by atoms with Crippen LogP contribution >= 0.6 is 0 Å². The van der Waals surface area contributed by atoms with Gasteiger partial charge in [-0.05, 0) is 103 Å². The molecule has 370 valence electrons. The molecule has 0 N–H and O–H groups in total. The van der Waals surface area contributed by atoms with Crippen molar-refractivity contribution < 1.29 is 25.8 Å². The molecular formula is C66H67N4OPt-3. The van der Waals surface area contributed by atoms with Crippen LogP contribution in [0.25, 0.3) is 27.6 Å². The van der Waals surface area contributed by atoms with Crippen LogP contribution in [0, 0.1) is 18.8 Å². The molecule has 9 aromatic rings. The minimum atomic E-state index is -0.229. The summed E-state index contributed by atoms with van der Waals surface area (Å²) in [5.74, 6) is 2.04. The molecule has 6 heteroatoms. The summed E-state index contributed by atoms with van der Waals surface area (Å²) in [5, 5.41) is 2.22. The van der Waals surface area contributed by atoms with E-state index in [1.54, 1.807) is 0 Å². The summed E-state index contributed by atoms with van der Waals surface area (Å²) in [6.07, 6.45) is 1.93. The summed E-state index contributed by atoms with van der Waals surface area (Å²) in [6.45, 7) is 32.0. The summed E-state index contributed by atoms with van der Waals surface area (Å²) in [7, 11) is 0. The van der Waals surface area contributed by atoms with Crippen molar-refractivity contribution in [1.82, 2.24) is 9.55 Å². The van der Waals surface area contributed by atoms with Gasteiger partial charge in [0.05, 0.1) is 0 Å². The average Bonchev–Trinajstić information content (AvgIpc) is 3.89. The van der Waals surface area contributed by atoms with Gasteiger partial charge in [-0.25, -0.2) is 4.98 Å². The van der Waals surface area contributed by atoms with Gasteiger partial charge in [0.1, 0.15) is 5.82 Å². The van der Waals surface area contributed by atoms with Crippen LogP contribution in [0.3, 0.4) is 0 Å². The number of rotatable bonds is 9. The van der Waals surface area contributed by atoms with Gasteiger partial charge < -0.3 is 19.1 Å². The molecule has 0 unspecified atom stereocenters. The second-order valence-electron chi connectivity index (χ2n) is 23.6. The summed E-state index contributed by atoms with van der Waals surface area (Å²) in [6, 6.07) is 64.5.